The van der Waals surface area contributed by atoms with Crippen LogP contribution in [0.15, 0.2) is 18.3 Å². The Balaban J connectivity index is 1.45. The molecular weight excluding hydrogens is 334 g/mol. The Kier molecular flexibility index (Phi) is 6.05. The molecule has 3 rings (SSSR count). The lowest BCUT2D eigenvalue weighted by atomic mass is 10.2. The van der Waals surface area contributed by atoms with E-state index >= 15 is 0 Å². The van der Waals surface area contributed by atoms with Crippen molar-refractivity contribution in [1.29, 1.82) is 0 Å². The molecule has 2 amide bonds. The SMILES string of the molecule is CCN1CCN(C2CCN(C(=O)CNC(=O)c3ncccc3O)C2)CC1. The first-order valence-corrected chi connectivity index (χ1v) is 9.25. The van der Waals surface area contributed by atoms with Crippen molar-refractivity contribution in [1.82, 2.24) is 25.0 Å². The van der Waals surface area contributed by atoms with Crippen LogP contribution in [-0.4, -0.2) is 95.0 Å². The molecule has 0 spiro atoms. The Hall–Kier alpha value is -2.19. The normalized spacial score (nSPS) is 21.7. The molecule has 1 unspecified atom stereocenters. The first kappa shape index (κ1) is 18.6. The van der Waals surface area contributed by atoms with Gasteiger partial charge in [0.05, 0.1) is 6.54 Å². The molecule has 1 atom stereocenters. The lowest BCUT2D eigenvalue weighted by molar-refractivity contribution is -0.129. The summed E-state index contributed by atoms with van der Waals surface area (Å²) in [4.78, 5) is 35.0. The van der Waals surface area contributed by atoms with Crippen molar-refractivity contribution in [2.75, 3.05) is 52.4 Å². The van der Waals surface area contributed by atoms with Gasteiger partial charge in [0.2, 0.25) is 5.91 Å². The van der Waals surface area contributed by atoms with Crippen molar-refractivity contribution in [3.63, 3.8) is 0 Å². The van der Waals surface area contributed by atoms with Crippen LogP contribution in [0.2, 0.25) is 0 Å². The number of amides is 2. The van der Waals surface area contributed by atoms with Crippen LogP contribution in [0.1, 0.15) is 23.8 Å². The zero-order valence-electron chi connectivity index (χ0n) is 15.2. The molecule has 0 aromatic carbocycles. The summed E-state index contributed by atoms with van der Waals surface area (Å²) in [5.74, 6) is -0.823. The van der Waals surface area contributed by atoms with E-state index in [1.807, 2.05) is 4.90 Å². The maximum atomic E-state index is 12.4. The molecule has 0 radical (unpaired) electrons. The van der Waals surface area contributed by atoms with Crippen LogP contribution >= 0.6 is 0 Å². The van der Waals surface area contributed by atoms with Crippen molar-refractivity contribution < 1.29 is 14.7 Å². The molecule has 2 aliphatic heterocycles. The van der Waals surface area contributed by atoms with Gasteiger partial charge in [-0.3, -0.25) is 14.5 Å². The molecule has 142 valence electrons. The number of hydrogen-bond acceptors (Lipinski definition) is 6. The fraction of sp³-hybridized carbons (Fsp3) is 0.611. The van der Waals surface area contributed by atoms with Crippen LogP contribution in [0, 0.1) is 0 Å². The monoisotopic (exact) mass is 361 g/mol. The number of aromatic hydroxyl groups is 1. The number of carbonyl (C=O) groups excluding carboxylic acids is 2. The molecular formula is C18H27N5O3. The molecule has 3 heterocycles. The molecule has 0 saturated carbocycles. The van der Waals surface area contributed by atoms with E-state index in [2.05, 4.69) is 27.0 Å². The van der Waals surface area contributed by atoms with Gasteiger partial charge in [0.15, 0.2) is 5.69 Å². The van der Waals surface area contributed by atoms with Crippen LogP contribution in [-0.2, 0) is 4.79 Å². The summed E-state index contributed by atoms with van der Waals surface area (Å²) in [5.41, 5.74) is -0.0617. The number of pyridine rings is 1. The Bertz CT molecular complexity index is 645. The van der Waals surface area contributed by atoms with Gasteiger partial charge in [-0.2, -0.15) is 0 Å². The largest absolute Gasteiger partial charge is 0.505 e. The smallest absolute Gasteiger partial charge is 0.274 e. The highest BCUT2D eigenvalue weighted by atomic mass is 16.3. The fourth-order valence-corrected chi connectivity index (χ4v) is 3.63. The summed E-state index contributed by atoms with van der Waals surface area (Å²) >= 11 is 0. The molecule has 1 aromatic heterocycles. The van der Waals surface area contributed by atoms with E-state index in [1.54, 1.807) is 6.07 Å². The highest BCUT2D eigenvalue weighted by Crippen LogP contribution is 2.18. The lowest BCUT2D eigenvalue weighted by Gasteiger charge is -2.37. The van der Waals surface area contributed by atoms with E-state index in [0.717, 1.165) is 52.2 Å². The highest BCUT2D eigenvalue weighted by molar-refractivity contribution is 5.96. The summed E-state index contributed by atoms with van der Waals surface area (Å²) in [6.45, 7) is 8.92. The molecule has 2 fully saturated rings. The number of carbonyl (C=O) groups is 2. The van der Waals surface area contributed by atoms with Gasteiger partial charge in [0.25, 0.3) is 5.91 Å². The van der Waals surface area contributed by atoms with Gasteiger partial charge < -0.3 is 20.2 Å². The number of aromatic nitrogens is 1. The Morgan fingerprint density at radius 3 is 2.73 bits per heavy atom. The second kappa shape index (κ2) is 8.46. The van der Waals surface area contributed by atoms with Crippen molar-refractivity contribution in [2.24, 2.45) is 0 Å². The molecule has 1 aromatic rings. The Morgan fingerprint density at radius 2 is 2.04 bits per heavy atom. The van der Waals surface area contributed by atoms with Crippen molar-refractivity contribution in [3.8, 4) is 5.75 Å². The molecule has 2 aliphatic rings. The second-order valence-corrected chi connectivity index (χ2v) is 6.81. The molecule has 0 aliphatic carbocycles. The van der Waals surface area contributed by atoms with Gasteiger partial charge in [0, 0.05) is 51.5 Å². The zero-order valence-corrected chi connectivity index (χ0v) is 15.2. The van der Waals surface area contributed by atoms with Crippen LogP contribution < -0.4 is 5.32 Å². The maximum absolute atomic E-state index is 12.4. The molecule has 2 saturated heterocycles. The van der Waals surface area contributed by atoms with E-state index in [9.17, 15) is 14.7 Å². The number of hydrogen-bond donors (Lipinski definition) is 2. The minimum absolute atomic E-state index is 0.0617. The molecule has 2 N–H and O–H groups in total. The topological polar surface area (TPSA) is 89.0 Å². The average molecular weight is 361 g/mol. The van der Waals surface area contributed by atoms with Gasteiger partial charge in [-0.25, -0.2) is 4.98 Å². The number of likely N-dealkylation sites (tertiary alicyclic amines) is 1. The van der Waals surface area contributed by atoms with Crippen molar-refractivity contribution >= 4 is 11.8 Å². The molecule has 26 heavy (non-hydrogen) atoms. The minimum Gasteiger partial charge on any atom is -0.505 e. The lowest BCUT2D eigenvalue weighted by Crippen LogP contribution is -2.51. The number of rotatable bonds is 5. The van der Waals surface area contributed by atoms with Gasteiger partial charge in [0.1, 0.15) is 5.75 Å². The van der Waals surface area contributed by atoms with E-state index in [-0.39, 0.29) is 23.9 Å². The third kappa shape index (κ3) is 4.31. The predicted octanol–water partition coefficient (Wildman–Crippen LogP) is -0.245. The predicted molar refractivity (Wildman–Crippen MR) is 96.9 cm³/mol. The van der Waals surface area contributed by atoms with Gasteiger partial charge in [-0.15, -0.1) is 0 Å². The summed E-state index contributed by atoms with van der Waals surface area (Å²) in [5, 5.41) is 12.2. The van der Waals surface area contributed by atoms with Crippen LogP contribution in [0.4, 0.5) is 0 Å². The summed E-state index contributed by atoms with van der Waals surface area (Å²) < 4.78 is 0. The van der Waals surface area contributed by atoms with Gasteiger partial charge in [-0.05, 0) is 25.1 Å². The van der Waals surface area contributed by atoms with Crippen LogP contribution in [0.25, 0.3) is 0 Å². The van der Waals surface area contributed by atoms with Crippen LogP contribution in [0.5, 0.6) is 5.75 Å². The number of likely N-dealkylation sites (N-methyl/N-ethyl adjacent to an activating group) is 1. The summed E-state index contributed by atoms with van der Waals surface area (Å²) in [6, 6.07) is 3.35. The summed E-state index contributed by atoms with van der Waals surface area (Å²) in [6.07, 6.45) is 2.41. The summed E-state index contributed by atoms with van der Waals surface area (Å²) in [7, 11) is 0. The number of piperazine rings is 1. The zero-order chi connectivity index (χ0) is 18.5. The standard InChI is InChI=1S/C18H27N5O3/c1-2-21-8-10-22(11-9-21)14-5-7-23(13-14)16(25)12-20-18(26)17-15(24)4-3-6-19-17/h3-4,6,14,24H,2,5,7-13H2,1H3,(H,20,26). The van der Waals surface area contributed by atoms with E-state index in [4.69, 9.17) is 0 Å². The second-order valence-electron chi connectivity index (χ2n) is 6.81. The quantitative estimate of drug-likeness (QED) is 0.752. The third-order valence-corrected chi connectivity index (χ3v) is 5.29. The van der Waals surface area contributed by atoms with E-state index < -0.39 is 5.91 Å². The first-order chi connectivity index (χ1) is 12.6. The number of nitrogens with zero attached hydrogens (tertiary/aromatic N) is 4. The number of nitrogens with one attached hydrogen (secondary N) is 1. The van der Waals surface area contributed by atoms with Crippen molar-refractivity contribution in [3.05, 3.63) is 24.0 Å². The Labute approximate surface area is 153 Å². The maximum Gasteiger partial charge on any atom is 0.274 e. The van der Waals surface area contributed by atoms with Gasteiger partial charge >= 0.3 is 0 Å². The fourth-order valence-electron chi connectivity index (χ4n) is 3.63. The third-order valence-electron chi connectivity index (χ3n) is 5.29. The van der Waals surface area contributed by atoms with Gasteiger partial charge in [-0.1, -0.05) is 6.92 Å². The minimum atomic E-state index is -0.539. The van der Waals surface area contributed by atoms with E-state index in [0.29, 0.717) is 6.04 Å². The van der Waals surface area contributed by atoms with Crippen molar-refractivity contribution in [2.45, 2.75) is 19.4 Å². The molecule has 0 bridgehead atoms. The first-order valence-electron chi connectivity index (χ1n) is 9.25. The average Bonchev–Trinajstić information content (AvgIpc) is 3.16. The molecule has 8 heteroatoms. The highest BCUT2D eigenvalue weighted by Gasteiger charge is 2.31. The van der Waals surface area contributed by atoms with Crippen LogP contribution in [0.3, 0.4) is 0 Å². The Morgan fingerprint density at radius 1 is 1.27 bits per heavy atom. The van der Waals surface area contributed by atoms with E-state index in [1.165, 1.54) is 12.3 Å². The molecule has 8 nitrogen and oxygen atoms in total.